The molecule has 10 heteroatoms. The number of nitrogens with zero attached hydrogens (tertiary/aromatic N) is 5. The van der Waals surface area contributed by atoms with E-state index in [0.29, 0.717) is 42.3 Å². The van der Waals surface area contributed by atoms with Crippen LogP contribution in [0.1, 0.15) is 34.8 Å². The number of Topliss-reactive ketones (excluding diaryl/α,β-unsaturated/α-hetero) is 1. The number of ketones is 1. The maximum absolute atomic E-state index is 12.2. The highest BCUT2D eigenvalue weighted by Crippen LogP contribution is 2.30. The molecule has 0 bridgehead atoms. The number of piperidine rings is 1. The van der Waals surface area contributed by atoms with Crippen molar-refractivity contribution in [2.24, 2.45) is 5.11 Å². The Labute approximate surface area is 136 Å². The molecule has 0 aromatic carbocycles. The van der Waals surface area contributed by atoms with E-state index in [2.05, 4.69) is 20.0 Å². The Morgan fingerprint density at radius 3 is 2.78 bits per heavy atom. The van der Waals surface area contributed by atoms with Crippen LogP contribution in [0.15, 0.2) is 16.5 Å². The number of carboxylic acid groups (broad SMARTS) is 1. The fraction of sp³-hybridized carbons (Fsp3) is 0.538. The minimum Gasteiger partial charge on any atom is -0.530 e. The number of amides is 1. The van der Waals surface area contributed by atoms with Gasteiger partial charge in [0, 0.05) is 25.2 Å². The van der Waals surface area contributed by atoms with Crippen LogP contribution in [0, 0.1) is 5.53 Å². The largest absolute Gasteiger partial charge is 0.530 e. The van der Waals surface area contributed by atoms with E-state index in [0.717, 1.165) is 0 Å². The van der Waals surface area contributed by atoms with E-state index in [-0.39, 0.29) is 18.2 Å². The maximum atomic E-state index is 12.2. The van der Waals surface area contributed by atoms with Crippen LogP contribution in [0.25, 0.3) is 0 Å². The van der Waals surface area contributed by atoms with Crippen LogP contribution in [0.2, 0.25) is 0 Å². The van der Waals surface area contributed by atoms with Crippen molar-refractivity contribution in [3.63, 3.8) is 0 Å². The monoisotopic (exact) mass is 336 g/mol. The molecule has 0 atom stereocenters. The Kier molecular flexibility index (Phi) is 5.78. The second kappa shape index (κ2) is 7.80. The van der Waals surface area contributed by atoms with Gasteiger partial charge in [0.2, 0.25) is 4.91 Å². The van der Waals surface area contributed by atoms with E-state index < -0.39 is 6.09 Å². The molecule has 2 heterocycles. The molecule has 0 saturated carbocycles. The number of carbonyl (C=O) groups is 2. The predicted octanol–water partition coefficient (Wildman–Crippen LogP) is 0.454. The van der Waals surface area contributed by atoms with Gasteiger partial charge in [0.15, 0.2) is 17.5 Å². The molecule has 1 saturated heterocycles. The van der Waals surface area contributed by atoms with Gasteiger partial charge in [-0.25, -0.2) is 9.97 Å². The zero-order valence-corrected chi connectivity index (χ0v) is 13.4. The van der Waals surface area contributed by atoms with E-state index in [4.69, 9.17) is 5.53 Å². The Bertz CT molecular complexity index is 653. The van der Waals surface area contributed by atoms with Gasteiger partial charge in [-0.15, -0.1) is 0 Å². The van der Waals surface area contributed by atoms with E-state index in [1.54, 1.807) is 0 Å². The van der Waals surface area contributed by atoms with Crippen LogP contribution in [0.3, 0.4) is 0 Å². The molecule has 1 amide bonds. The lowest BCUT2D eigenvalue weighted by Gasteiger charge is -2.33. The summed E-state index contributed by atoms with van der Waals surface area (Å²) < 4.78 is 0. The lowest BCUT2D eigenvalue weighted by atomic mass is 9.90. The highest BCUT2D eigenvalue weighted by atomic mass is 32.2. The van der Waals surface area contributed by atoms with Gasteiger partial charge in [0.25, 0.3) is 0 Å². The number of hydrogen-bond donors (Lipinski definition) is 1. The molecular weight excluding hydrogens is 320 g/mol. The normalized spacial score (nSPS) is 15.1. The number of aromatic nitrogens is 2. The molecule has 1 aromatic heterocycles. The summed E-state index contributed by atoms with van der Waals surface area (Å²) in [5.74, 6) is -0.322. The Morgan fingerprint density at radius 1 is 1.52 bits per heavy atom. The first kappa shape index (κ1) is 17.0. The molecule has 23 heavy (non-hydrogen) atoms. The van der Waals surface area contributed by atoms with Gasteiger partial charge >= 0.3 is 0 Å². The second-order valence-corrected chi connectivity index (χ2v) is 5.78. The van der Waals surface area contributed by atoms with Crippen LogP contribution < -0.4 is 10.0 Å². The summed E-state index contributed by atoms with van der Waals surface area (Å²) in [5, 5.41) is 14.8. The Hall–Kier alpha value is -2.32. The van der Waals surface area contributed by atoms with Crippen LogP contribution in [0.5, 0.6) is 0 Å². The molecule has 0 spiro atoms. The SMILES string of the molecule is CSc1ncc(C(=O)CN=[N+]=N)c(C2CCN(C(=O)[O-])CC2)n1. The molecule has 122 valence electrons. The molecule has 0 aliphatic carbocycles. The fourth-order valence-corrected chi connectivity index (χ4v) is 2.87. The molecule has 0 unspecified atom stereocenters. The first-order chi connectivity index (χ1) is 11.1. The van der Waals surface area contributed by atoms with Crippen molar-refractivity contribution < 1.29 is 14.7 Å². The summed E-state index contributed by atoms with van der Waals surface area (Å²) in [6.45, 7) is 0.480. The summed E-state index contributed by atoms with van der Waals surface area (Å²) >= 11 is 1.37. The molecule has 1 N–H and O–H groups in total. The number of hydrogen-bond acceptors (Lipinski definition) is 8. The second-order valence-electron chi connectivity index (χ2n) is 5.01. The summed E-state index contributed by atoms with van der Waals surface area (Å²) in [6, 6.07) is 0. The number of likely N-dealkylation sites (tertiary alicyclic amines) is 1. The highest BCUT2D eigenvalue weighted by molar-refractivity contribution is 7.98. The number of nitrogens with one attached hydrogen (secondary N) is 1. The molecule has 1 fully saturated rings. The topological polar surface area (TPSA) is 137 Å². The number of carbonyl (C=O) groups excluding carboxylic acids is 2. The predicted molar refractivity (Wildman–Crippen MR) is 79.2 cm³/mol. The summed E-state index contributed by atoms with van der Waals surface area (Å²) in [6.07, 6.45) is 3.27. The minimum atomic E-state index is -1.18. The first-order valence-electron chi connectivity index (χ1n) is 7.00. The molecule has 1 aliphatic rings. The standard InChI is InChI=1S/C13H16N6O3S/c1-23-12-15-6-9(10(20)7-16-18-14)11(17-12)8-2-4-19(5-3-8)13(21)22/h6,8,14H,2-5,7H2,1H3. The summed E-state index contributed by atoms with van der Waals surface area (Å²) in [7, 11) is 0. The average Bonchev–Trinajstić information content (AvgIpc) is 2.59. The molecule has 2 rings (SSSR count). The van der Waals surface area contributed by atoms with Crippen molar-refractivity contribution >= 4 is 23.6 Å². The van der Waals surface area contributed by atoms with Crippen LogP contribution in [0.4, 0.5) is 4.79 Å². The molecule has 1 aliphatic heterocycles. The zero-order valence-electron chi connectivity index (χ0n) is 12.6. The summed E-state index contributed by atoms with van der Waals surface area (Å²) in [5.41, 5.74) is 7.62. The fourth-order valence-electron chi connectivity index (χ4n) is 2.52. The van der Waals surface area contributed by atoms with Gasteiger partial charge in [-0.2, -0.15) is 0 Å². The van der Waals surface area contributed by atoms with Crippen molar-refractivity contribution in [3.05, 3.63) is 17.5 Å². The van der Waals surface area contributed by atoms with Crippen molar-refractivity contribution in [2.45, 2.75) is 23.9 Å². The summed E-state index contributed by atoms with van der Waals surface area (Å²) in [4.78, 5) is 35.7. The molecule has 0 radical (unpaired) electrons. The van der Waals surface area contributed by atoms with E-state index in [1.165, 1.54) is 22.9 Å². The lowest BCUT2D eigenvalue weighted by Crippen LogP contribution is -2.45. The van der Waals surface area contributed by atoms with Gasteiger partial charge < -0.3 is 14.8 Å². The van der Waals surface area contributed by atoms with E-state index in [9.17, 15) is 14.7 Å². The van der Waals surface area contributed by atoms with E-state index >= 15 is 0 Å². The quantitative estimate of drug-likeness (QED) is 0.272. The number of rotatable bonds is 5. The van der Waals surface area contributed by atoms with Gasteiger partial charge in [0.1, 0.15) is 16.7 Å². The van der Waals surface area contributed by atoms with Crippen LogP contribution in [-0.4, -0.2) is 52.6 Å². The molecule has 1 aromatic rings. The average molecular weight is 336 g/mol. The van der Waals surface area contributed by atoms with Crippen molar-refractivity contribution in [1.82, 2.24) is 19.8 Å². The van der Waals surface area contributed by atoms with Crippen LogP contribution in [-0.2, 0) is 0 Å². The molecular formula is C13H16N6O3S. The van der Waals surface area contributed by atoms with Crippen molar-refractivity contribution in [1.29, 1.82) is 5.53 Å². The first-order valence-corrected chi connectivity index (χ1v) is 8.22. The third kappa shape index (κ3) is 4.11. The van der Waals surface area contributed by atoms with Gasteiger partial charge in [-0.3, -0.25) is 4.79 Å². The van der Waals surface area contributed by atoms with Gasteiger partial charge in [-0.1, -0.05) is 11.8 Å². The zero-order chi connectivity index (χ0) is 16.8. The number of thioether (sulfide) groups is 1. The van der Waals surface area contributed by atoms with Crippen molar-refractivity contribution in [3.8, 4) is 0 Å². The smallest absolute Gasteiger partial charge is 0.214 e. The third-order valence-corrected chi connectivity index (χ3v) is 4.27. The Balaban J connectivity index is 2.26. The highest BCUT2D eigenvalue weighted by Gasteiger charge is 2.27. The Morgan fingerprint density at radius 2 is 2.22 bits per heavy atom. The molecule has 9 nitrogen and oxygen atoms in total. The third-order valence-electron chi connectivity index (χ3n) is 3.70. The van der Waals surface area contributed by atoms with Crippen molar-refractivity contribution in [2.75, 3.05) is 25.9 Å². The van der Waals surface area contributed by atoms with Gasteiger partial charge in [0.05, 0.1) is 11.3 Å². The van der Waals surface area contributed by atoms with Gasteiger partial charge in [-0.05, 0) is 19.1 Å². The van der Waals surface area contributed by atoms with E-state index in [1.807, 2.05) is 6.26 Å². The lowest BCUT2D eigenvalue weighted by molar-refractivity contribution is -0.266. The van der Waals surface area contributed by atoms with Crippen LogP contribution >= 0.6 is 11.8 Å². The maximum Gasteiger partial charge on any atom is 0.214 e. The minimum absolute atomic E-state index is 0.0219.